The number of para-hydroxylation sites is 1. The average molecular weight is 302 g/mol. The maximum atomic E-state index is 9.43. The number of aliphatic hydroxyl groups is 1. The minimum atomic E-state index is -0.114. The van der Waals surface area contributed by atoms with Crippen molar-refractivity contribution in [1.29, 1.82) is 0 Å². The number of hydrogen-bond acceptors (Lipinski definition) is 5. The van der Waals surface area contributed by atoms with Crippen LogP contribution in [-0.2, 0) is 19.8 Å². The molecule has 2 aromatic rings. The Bertz CT molecular complexity index is 579. The number of rotatable bonds is 7. The molecule has 0 bridgehead atoms. The van der Waals surface area contributed by atoms with Gasteiger partial charge in [0, 0.05) is 6.54 Å². The fraction of sp³-hybridized carbons (Fsp3) is 0.500. The van der Waals surface area contributed by atoms with Gasteiger partial charge in [0.15, 0.2) is 0 Å². The summed E-state index contributed by atoms with van der Waals surface area (Å²) in [5.41, 5.74) is 1.45. The first-order valence-electron chi connectivity index (χ1n) is 7.79. The number of hydrogen-bond donors (Lipinski definition) is 1. The molecule has 3 rings (SSSR count). The van der Waals surface area contributed by atoms with Gasteiger partial charge in [-0.3, -0.25) is 0 Å². The van der Waals surface area contributed by atoms with E-state index >= 15 is 0 Å². The van der Waals surface area contributed by atoms with Crippen molar-refractivity contribution in [2.45, 2.75) is 32.6 Å². The van der Waals surface area contributed by atoms with Gasteiger partial charge in [0.2, 0.25) is 0 Å². The number of likely N-dealkylation sites (tertiary alicyclic amines) is 1. The Labute approximate surface area is 130 Å². The van der Waals surface area contributed by atoms with E-state index in [4.69, 9.17) is 4.74 Å². The Balaban J connectivity index is 1.64. The largest absolute Gasteiger partial charge is 0.487 e. The summed E-state index contributed by atoms with van der Waals surface area (Å²) in [6, 6.07) is 9.65. The van der Waals surface area contributed by atoms with Crippen LogP contribution in [0.3, 0.4) is 0 Å². The van der Waals surface area contributed by atoms with E-state index in [9.17, 15) is 5.11 Å². The standard InChI is InChI=1S/C16H22N4O2/c21-12-15-16(13-22-14-6-2-1-3-7-14)20(18-17-15)11-10-19-8-4-5-9-19/h1-3,6-7,21H,4-5,8-13H2. The summed E-state index contributed by atoms with van der Waals surface area (Å²) in [6.07, 6.45) is 2.56. The molecule has 1 aromatic carbocycles. The van der Waals surface area contributed by atoms with Crippen molar-refractivity contribution in [1.82, 2.24) is 19.9 Å². The summed E-state index contributed by atoms with van der Waals surface area (Å²) < 4.78 is 7.63. The zero-order valence-electron chi connectivity index (χ0n) is 12.7. The van der Waals surface area contributed by atoms with Gasteiger partial charge in [-0.05, 0) is 38.1 Å². The fourth-order valence-corrected chi connectivity index (χ4v) is 2.74. The second-order valence-electron chi connectivity index (χ2n) is 5.51. The second kappa shape index (κ2) is 7.38. The van der Waals surface area contributed by atoms with Crippen molar-refractivity contribution in [3.05, 3.63) is 41.7 Å². The molecule has 118 valence electrons. The Hall–Kier alpha value is -1.92. The van der Waals surface area contributed by atoms with Crippen molar-refractivity contribution < 1.29 is 9.84 Å². The van der Waals surface area contributed by atoms with Crippen LogP contribution < -0.4 is 4.74 Å². The minimum absolute atomic E-state index is 0.114. The number of nitrogens with zero attached hydrogens (tertiary/aromatic N) is 4. The van der Waals surface area contributed by atoms with Crippen LogP contribution in [-0.4, -0.2) is 44.6 Å². The SMILES string of the molecule is OCc1nnn(CCN2CCCC2)c1COc1ccccc1. The summed E-state index contributed by atoms with van der Waals surface area (Å²) >= 11 is 0. The van der Waals surface area contributed by atoms with E-state index in [1.54, 1.807) is 0 Å². The molecule has 0 saturated carbocycles. The quantitative estimate of drug-likeness (QED) is 0.838. The molecule has 0 spiro atoms. The normalized spacial score (nSPS) is 15.3. The van der Waals surface area contributed by atoms with Crippen molar-refractivity contribution in [2.24, 2.45) is 0 Å². The third-order valence-electron chi connectivity index (χ3n) is 4.01. The Morgan fingerprint density at radius 2 is 1.86 bits per heavy atom. The van der Waals surface area contributed by atoms with Crippen LogP contribution in [0.1, 0.15) is 24.2 Å². The number of ether oxygens (including phenoxy) is 1. The summed E-state index contributed by atoms with van der Waals surface area (Å²) in [5, 5.41) is 17.6. The molecule has 1 saturated heterocycles. The Kier molecular flexibility index (Phi) is 5.03. The molecule has 1 aromatic heterocycles. The molecule has 0 radical (unpaired) electrons. The van der Waals surface area contributed by atoms with Crippen molar-refractivity contribution >= 4 is 0 Å². The lowest BCUT2D eigenvalue weighted by Crippen LogP contribution is -2.25. The van der Waals surface area contributed by atoms with Gasteiger partial charge >= 0.3 is 0 Å². The van der Waals surface area contributed by atoms with Gasteiger partial charge in [-0.1, -0.05) is 23.4 Å². The topological polar surface area (TPSA) is 63.4 Å². The lowest BCUT2D eigenvalue weighted by Gasteiger charge is -2.15. The Morgan fingerprint density at radius 1 is 1.09 bits per heavy atom. The van der Waals surface area contributed by atoms with Gasteiger partial charge in [-0.15, -0.1) is 5.10 Å². The maximum Gasteiger partial charge on any atom is 0.132 e. The van der Waals surface area contributed by atoms with Crippen LogP contribution in [0.4, 0.5) is 0 Å². The van der Waals surface area contributed by atoms with Crippen LogP contribution in [0.25, 0.3) is 0 Å². The molecule has 0 aliphatic carbocycles. The van der Waals surface area contributed by atoms with Crippen LogP contribution in [0.15, 0.2) is 30.3 Å². The van der Waals surface area contributed by atoms with E-state index in [0.717, 1.165) is 37.6 Å². The van der Waals surface area contributed by atoms with Crippen LogP contribution in [0.2, 0.25) is 0 Å². The highest BCUT2D eigenvalue weighted by Crippen LogP contribution is 2.14. The van der Waals surface area contributed by atoms with Crippen LogP contribution in [0, 0.1) is 0 Å². The molecular weight excluding hydrogens is 280 g/mol. The summed E-state index contributed by atoms with van der Waals surface area (Å²) in [4.78, 5) is 2.43. The summed E-state index contributed by atoms with van der Waals surface area (Å²) in [7, 11) is 0. The van der Waals surface area contributed by atoms with Gasteiger partial charge in [-0.25, -0.2) is 4.68 Å². The Morgan fingerprint density at radius 3 is 2.59 bits per heavy atom. The molecule has 0 amide bonds. The molecule has 0 atom stereocenters. The zero-order chi connectivity index (χ0) is 15.2. The summed E-state index contributed by atoms with van der Waals surface area (Å²) in [6.45, 7) is 4.33. The molecule has 6 nitrogen and oxygen atoms in total. The molecule has 22 heavy (non-hydrogen) atoms. The predicted molar refractivity (Wildman–Crippen MR) is 82.4 cm³/mol. The van der Waals surface area contributed by atoms with Gasteiger partial charge in [-0.2, -0.15) is 0 Å². The van der Waals surface area contributed by atoms with Gasteiger partial charge < -0.3 is 14.7 Å². The number of aliphatic hydroxyl groups excluding tert-OH is 1. The highest BCUT2D eigenvalue weighted by Gasteiger charge is 2.16. The zero-order valence-corrected chi connectivity index (χ0v) is 12.7. The van der Waals surface area contributed by atoms with E-state index < -0.39 is 0 Å². The molecule has 1 fully saturated rings. The predicted octanol–water partition coefficient (Wildman–Crippen LogP) is 1.45. The van der Waals surface area contributed by atoms with Gasteiger partial charge in [0.25, 0.3) is 0 Å². The fourth-order valence-electron chi connectivity index (χ4n) is 2.74. The maximum absolute atomic E-state index is 9.43. The average Bonchev–Trinajstić information content (AvgIpc) is 3.21. The van der Waals surface area contributed by atoms with E-state index in [1.807, 2.05) is 35.0 Å². The molecule has 1 aliphatic heterocycles. The smallest absolute Gasteiger partial charge is 0.132 e. The van der Waals surface area contributed by atoms with Crippen molar-refractivity contribution in [2.75, 3.05) is 19.6 Å². The van der Waals surface area contributed by atoms with E-state index in [0.29, 0.717) is 12.3 Å². The lowest BCUT2D eigenvalue weighted by molar-refractivity contribution is 0.258. The monoisotopic (exact) mass is 302 g/mol. The first kappa shape index (κ1) is 15.0. The third kappa shape index (κ3) is 3.64. The third-order valence-corrected chi connectivity index (χ3v) is 4.01. The molecule has 2 heterocycles. The number of aromatic nitrogens is 3. The van der Waals surface area contributed by atoms with E-state index in [2.05, 4.69) is 15.2 Å². The highest BCUT2D eigenvalue weighted by molar-refractivity contribution is 5.21. The highest BCUT2D eigenvalue weighted by atomic mass is 16.5. The van der Waals surface area contributed by atoms with Crippen LogP contribution in [0.5, 0.6) is 5.75 Å². The molecule has 0 unspecified atom stereocenters. The minimum Gasteiger partial charge on any atom is -0.487 e. The van der Waals surface area contributed by atoms with Crippen molar-refractivity contribution in [3.63, 3.8) is 0 Å². The first-order chi connectivity index (χ1) is 10.9. The first-order valence-corrected chi connectivity index (χ1v) is 7.79. The number of benzene rings is 1. The van der Waals surface area contributed by atoms with Gasteiger partial charge in [0.05, 0.1) is 13.2 Å². The second-order valence-corrected chi connectivity index (χ2v) is 5.51. The van der Waals surface area contributed by atoms with E-state index in [1.165, 1.54) is 12.8 Å². The van der Waals surface area contributed by atoms with Crippen LogP contribution >= 0.6 is 0 Å². The van der Waals surface area contributed by atoms with E-state index in [-0.39, 0.29) is 6.61 Å². The lowest BCUT2D eigenvalue weighted by atomic mass is 10.3. The van der Waals surface area contributed by atoms with Gasteiger partial charge in [0.1, 0.15) is 23.7 Å². The molecule has 1 N–H and O–H groups in total. The molecule has 1 aliphatic rings. The molecular formula is C16H22N4O2. The summed E-state index contributed by atoms with van der Waals surface area (Å²) in [5.74, 6) is 0.804. The molecule has 6 heteroatoms. The van der Waals surface area contributed by atoms with Crippen molar-refractivity contribution in [3.8, 4) is 5.75 Å².